The van der Waals surface area contributed by atoms with Crippen LogP contribution < -0.4 is 20.1 Å². The van der Waals surface area contributed by atoms with E-state index in [-0.39, 0.29) is 11.8 Å². The minimum Gasteiger partial charge on any atom is -0.493 e. The van der Waals surface area contributed by atoms with Gasteiger partial charge in [-0.1, -0.05) is 0 Å². The van der Waals surface area contributed by atoms with Gasteiger partial charge in [-0.25, -0.2) is 4.79 Å². The molecule has 0 unspecified atom stereocenters. The van der Waals surface area contributed by atoms with Crippen molar-refractivity contribution >= 4 is 40.2 Å². The predicted octanol–water partition coefficient (Wildman–Crippen LogP) is 4.38. The first-order chi connectivity index (χ1) is 13.1. The number of hydrogen-bond donors (Lipinski definition) is 2. The van der Waals surface area contributed by atoms with E-state index in [4.69, 9.17) is 9.47 Å². The van der Waals surface area contributed by atoms with E-state index in [9.17, 15) is 9.59 Å². The van der Waals surface area contributed by atoms with Gasteiger partial charge in [0, 0.05) is 27.6 Å². The molecule has 0 radical (unpaired) electrons. The van der Waals surface area contributed by atoms with E-state index in [0.29, 0.717) is 34.2 Å². The first-order valence-corrected chi connectivity index (χ1v) is 9.79. The molecule has 0 aliphatic heterocycles. The van der Waals surface area contributed by atoms with E-state index >= 15 is 0 Å². The number of ketones is 1. The number of methoxy groups -OCH3 is 2. The lowest BCUT2D eigenvalue weighted by Crippen LogP contribution is -2.27. The van der Waals surface area contributed by atoms with Crippen molar-refractivity contribution in [1.29, 1.82) is 0 Å². The minimum absolute atomic E-state index is 0.00211. The van der Waals surface area contributed by atoms with Gasteiger partial charge in [0.25, 0.3) is 0 Å². The summed E-state index contributed by atoms with van der Waals surface area (Å²) < 4.78 is 10.4. The van der Waals surface area contributed by atoms with Crippen molar-refractivity contribution in [2.24, 2.45) is 0 Å². The smallest absolute Gasteiger partial charge is 0.319 e. The van der Waals surface area contributed by atoms with E-state index < -0.39 is 0 Å². The summed E-state index contributed by atoms with van der Waals surface area (Å²) in [6.45, 7) is 0.334. The lowest BCUT2D eigenvalue weighted by atomic mass is 10.2. The molecule has 0 saturated carbocycles. The molecule has 6 nitrogen and oxygen atoms in total. The zero-order chi connectivity index (χ0) is 19.2. The number of carbonyl (C=O) groups is 2. The maximum Gasteiger partial charge on any atom is 0.319 e. The highest BCUT2D eigenvalue weighted by Gasteiger charge is 2.13. The first-order valence-electron chi connectivity index (χ1n) is 8.03. The van der Waals surface area contributed by atoms with Gasteiger partial charge in [-0.15, -0.1) is 11.3 Å². The van der Waals surface area contributed by atoms with Gasteiger partial charge in [-0.2, -0.15) is 11.3 Å². The molecule has 0 aliphatic carbocycles. The number of rotatable bonds is 7. The highest BCUT2D eigenvalue weighted by molar-refractivity contribution is 7.14. The Labute approximate surface area is 164 Å². The molecule has 3 rings (SSSR count). The molecule has 2 heterocycles. The zero-order valence-corrected chi connectivity index (χ0v) is 16.4. The molecule has 1 aromatic carbocycles. The fourth-order valence-corrected chi connectivity index (χ4v) is 3.93. The molecule has 2 amide bonds. The molecule has 140 valence electrons. The summed E-state index contributed by atoms with van der Waals surface area (Å²) in [4.78, 5) is 26.0. The summed E-state index contributed by atoms with van der Waals surface area (Å²) in [5.74, 6) is 1.12. The normalized spacial score (nSPS) is 10.3. The van der Waals surface area contributed by atoms with E-state index in [1.807, 2.05) is 16.8 Å². The largest absolute Gasteiger partial charge is 0.493 e. The Balaban J connectivity index is 1.56. The van der Waals surface area contributed by atoms with Crippen molar-refractivity contribution in [2.45, 2.75) is 6.54 Å². The molecule has 2 aromatic heterocycles. The van der Waals surface area contributed by atoms with Gasteiger partial charge in [-0.3, -0.25) is 4.79 Å². The monoisotopic (exact) mass is 402 g/mol. The van der Waals surface area contributed by atoms with Crippen LogP contribution in [-0.4, -0.2) is 26.0 Å². The van der Waals surface area contributed by atoms with E-state index in [2.05, 4.69) is 10.6 Å². The molecule has 0 fully saturated rings. The van der Waals surface area contributed by atoms with Crippen LogP contribution in [0.5, 0.6) is 11.5 Å². The molecule has 0 aliphatic rings. The maximum atomic E-state index is 12.3. The number of nitrogens with one attached hydrogen (secondary N) is 2. The standard InChI is InChI=1S/C19H18N2O4S2/c1-24-15-5-3-13(9-16(15)25-2)21-19(23)20-10-14-4-6-17(27-14)18(22)12-7-8-26-11-12/h3-9,11H,10H2,1-2H3,(H2,20,21,23). The lowest BCUT2D eigenvalue weighted by molar-refractivity contribution is 0.104. The third kappa shape index (κ3) is 4.66. The van der Waals surface area contributed by atoms with Crippen LogP contribution in [0.1, 0.15) is 20.1 Å². The van der Waals surface area contributed by atoms with E-state index in [1.165, 1.54) is 29.8 Å². The topological polar surface area (TPSA) is 76.7 Å². The second-order valence-electron chi connectivity index (χ2n) is 5.48. The first kappa shape index (κ1) is 18.9. The molecule has 0 saturated heterocycles. The second-order valence-corrected chi connectivity index (χ2v) is 7.43. The Hall–Kier alpha value is -2.84. The number of hydrogen-bond acceptors (Lipinski definition) is 6. The fourth-order valence-electron chi connectivity index (χ4n) is 2.39. The van der Waals surface area contributed by atoms with E-state index in [0.717, 1.165) is 4.88 Å². The van der Waals surface area contributed by atoms with Gasteiger partial charge in [0.15, 0.2) is 11.5 Å². The number of urea groups is 1. The van der Waals surface area contributed by atoms with Crippen molar-refractivity contribution < 1.29 is 19.1 Å². The maximum absolute atomic E-state index is 12.3. The van der Waals surface area contributed by atoms with Gasteiger partial charge in [0.1, 0.15) is 0 Å². The van der Waals surface area contributed by atoms with Gasteiger partial charge in [0.2, 0.25) is 5.78 Å². The molecule has 0 bridgehead atoms. The average Bonchev–Trinajstić information content (AvgIpc) is 3.37. The minimum atomic E-state index is -0.346. The quantitative estimate of drug-likeness (QED) is 0.575. The van der Waals surface area contributed by atoms with Crippen LogP contribution in [0, 0.1) is 0 Å². The van der Waals surface area contributed by atoms with Crippen molar-refractivity contribution in [3.05, 3.63) is 62.5 Å². The van der Waals surface area contributed by atoms with Gasteiger partial charge in [0.05, 0.1) is 25.6 Å². The number of thiophene rings is 2. The van der Waals surface area contributed by atoms with Crippen LogP contribution >= 0.6 is 22.7 Å². The van der Waals surface area contributed by atoms with E-state index in [1.54, 1.807) is 37.4 Å². The number of anilines is 1. The summed E-state index contributed by atoms with van der Waals surface area (Å²) in [7, 11) is 3.09. The summed E-state index contributed by atoms with van der Waals surface area (Å²) in [5.41, 5.74) is 1.28. The van der Waals surface area contributed by atoms with Crippen LogP contribution in [0.25, 0.3) is 0 Å². The second kappa shape index (κ2) is 8.70. The molecule has 3 aromatic rings. The van der Waals surface area contributed by atoms with Crippen molar-refractivity contribution in [1.82, 2.24) is 5.32 Å². The SMILES string of the molecule is COc1ccc(NC(=O)NCc2ccc(C(=O)c3ccsc3)s2)cc1OC. The Bertz CT molecular complexity index is 935. The summed E-state index contributed by atoms with van der Waals surface area (Å²) in [6, 6.07) is 10.2. The Morgan fingerprint density at radius 1 is 1.04 bits per heavy atom. The Morgan fingerprint density at radius 2 is 1.85 bits per heavy atom. The lowest BCUT2D eigenvalue weighted by Gasteiger charge is -2.11. The number of ether oxygens (including phenoxy) is 2. The van der Waals surface area contributed by atoms with Gasteiger partial charge >= 0.3 is 6.03 Å². The molecule has 2 N–H and O–H groups in total. The van der Waals surface area contributed by atoms with Crippen LogP contribution in [0.2, 0.25) is 0 Å². The predicted molar refractivity (Wildman–Crippen MR) is 107 cm³/mol. The molecule has 0 atom stereocenters. The van der Waals surface area contributed by atoms with Crippen LogP contribution in [-0.2, 0) is 6.54 Å². The number of carbonyl (C=O) groups excluding carboxylic acids is 2. The summed E-state index contributed by atoms with van der Waals surface area (Å²) >= 11 is 2.87. The molecular formula is C19H18N2O4S2. The zero-order valence-electron chi connectivity index (χ0n) is 14.8. The highest BCUT2D eigenvalue weighted by atomic mass is 32.1. The Morgan fingerprint density at radius 3 is 2.56 bits per heavy atom. The molecule has 0 spiro atoms. The number of amides is 2. The van der Waals surface area contributed by atoms with Crippen molar-refractivity contribution in [2.75, 3.05) is 19.5 Å². The third-order valence-electron chi connectivity index (χ3n) is 3.73. The van der Waals surface area contributed by atoms with Crippen molar-refractivity contribution in [3.63, 3.8) is 0 Å². The molecule has 27 heavy (non-hydrogen) atoms. The average molecular weight is 402 g/mol. The third-order valence-corrected chi connectivity index (χ3v) is 5.50. The van der Waals surface area contributed by atoms with Crippen LogP contribution in [0.3, 0.4) is 0 Å². The van der Waals surface area contributed by atoms with Crippen LogP contribution in [0.4, 0.5) is 10.5 Å². The summed E-state index contributed by atoms with van der Waals surface area (Å²) in [6.07, 6.45) is 0. The molecule has 8 heteroatoms. The van der Waals surface area contributed by atoms with Crippen molar-refractivity contribution in [3.8, 4) is 11.5 Å². The van der Waals surface area contributed by atoms with Gasteiger partial charge < -0.3 is 20.1 Å². The Kier molecular flexibility index (Phi) is 6.10. The van der Waals surface area contributed by atoms with Crippen LogP contribution in [0.15, 0.2) is 47.2 Å². The highest BCUT2D eigenvalue weighted by Crippen LogP contribution is 2.29. The fraction of sp³-hybridized carbons (Fsp3) is 0.158. The van der Waals surface area contributed by atoms with Gasteiger partial charge in [-0.05, 0) is 35.7 Å². The summed E-state index contributed by atoms with van der Waals surface area (Å²) in [5, 5.41) is 9.23. The molecular weight excluding hydrogens is 384 g/mol. The number of benzene rings is 1.